The summed E-state index contributed by atoms with van der Waals surface area (Å²) in [6, 6.07) is 0. The summed E-state index contributed by atoms with van der Waals surface area (Å²) in [5, 5.41) is 9.79. The lowest BCUT2D eigenvalue weighted by molar-refractivity contribution is 0.0538. The van der Waals surface area contributed by atoms with Crippen LogP contribution >= 0.6 is 0 Å². The van der Waals surface area contributed by atoms with Gasteiger partial charge in [-0.2, -0.15) is 0 Å². The molecule has 1 aliphatic heterocycles. The molecule has 0 aromatic heterocycles. The summed E-state index contributed by atoms with van der Waals surface area (Å²) >= 11 is 0. The van der Waals surface area contributed by atoms with Gasteiger partial charge >= 0.3 is 0 Å². The summed E-state index contributed by atoms with van der Waals surface area (Å²) in [5.74, 6) is 1.38. The van der Waals surface area contributed by atoms with Gasteiger partial charge < -0.3 is 14.7 Å². The van der Waals surface area contributed by atoms with Gasteiger partial charge in [-0.15, -0.1) is 0 Å². The number of nitrogens with zero attached hydrogens (tertiary/aromatic N) is 1. The van der Waals surface area contributed by atoms with E-state index in [0.29, 0.717) is 5.92 Å². The minimum atomic E-state index is -0.0218. The van der Waals surface area contributed by atoms with Crippen molar-refractivity contribution < 1.29 is 9.84 Å². The standard InChI is InChI=1S/C14H27NO2/c1-15(11-12-6-9-17-10-7-12)8-5-13-3-2-4-14(13)16/h12-14,16H,2-11H2,1H3. The van der Waals surface area contributed by atoms with Crippen LogP contribution in [0.25, 0.3) is 0 Å². The van der Waals surface area contributed by atoms with E-state index >= 15 is 0 Å². The Hall–Kier alpha value is -0.120. The van der Waals surface area contributed by atoms with Gasteiger partial charge in [0.05, 0.1) is 6.10 Å². The first-order chi connectivity index (χ1) is 8.25. The molecule has 2 aliphatic rings. The lowest BCUT2D eigenvalue weighted by Crippen LogP contribution is -2.31. The van der Waals surface area contributed by atoms with Crippen LogP contribution in [0.3, 0.4) is 0 Å². The average molecular weight is 241 g/mol. The first-order valence-electron chi connectivity index (χ1n) is 7.20. The second-order valence-corrected chi connectivity index (χ2v) is 5.86. The number of hydrogen-bond donors (Lipinski definition) is 1. The first-order valence-corrected chi connectivity index (χ1v) is 7.20. The van der Waals surface area contributed by atoms with Gasteiger partial charge in [0, 0.05) is 19.8 Å². The first kappa shape index (κ1) is 13.3. The molecule has 1 heterocycles. The highest BCUT2D eigenvalue weighted by molar-refractivity contribution is 4.77. The predicted octanol–water partition coefficient (Wildman–Crippen LogP) is 1.90. The summed E-state index contributed by atoms with van der Waals surface area (Å²) in [7, 11) is 2.22. The fourth-order valence-corrected chi connectivity index (χ4v) is 3.20. The van der Waals surface area contributed by atoms with Crippen molar-refractivity contribution in [1.82, 2.24) is 4.90 Å². The van der Waals surface area contributed by atoms with Crippen molar-refractivity contribution >= 4 is 0 Å². The molecule has 3 nitrogen and oxygen atoms in total. The van der Waals surface area contributed by atoms with Crippen LogP contribution in [-0.4, -0.2) is 49.5 Å². The Morgan fingerprint density at radius 2 is 1.94 bits per heavy atom. The van der Waals surface area contributed by atoms with E-state index in [0.717, 1.165) is 32.1 Å². The quantitative estimate of drug-likeness (QED) is 0.798. The number of ether oxygens (including phenoxy) is 1. The molecule has 1 aliphatic carbocycles. The van der Waals surface area contributed by atoms with Crippen LogP contribution in [-0.2, 0) is 4.74 Å². The lowest BCUT2D eigenvalue weighted by Gasteiger charge is -2.28. The highest BCUT2D eigenvalue weighted by atomic mass is 16.5. The van der Waals surface area contributed by atoms with Gasteiger partial charge in [0.1, 0.15) is 0 Å². The van der Waals surface area contributed by atoms with Crippen LogP contribution in [0.5, 0.6) is 0 Å². The van der Waals surface area contributed by atoms with Crippen LogP contribution in [0.1, 0.15) is 38.5 Å². The van der Waals surface area contributed by atoms with Gasteiger partial charge in [0.2, 0.25) is 0 Å². The summed E-state index contributed by atoms with van der Waals surface area (Å²) in [6.07, 6.45) is 7.05. The topological polar surface area (TPSA) is 32.7 Å². The van der Waals surface area contributed by atoms with Crippen LogP contribution in [0.4, 0.5) is 0 Å². The molecule has 3 heteroatoms. The Kier molecular flexibility index (Phi) is 5.26. The molecule has 1 saturated carbocycles. The van der Waals surface area contributed by atoms with Crippen molar-refractivity contribution in [2.75, 3.05) is 33.4 Å². The van der Waals surface area contributed by atoms with Crippen LogP contribution in [0, 0.1) is 11.8 Å². The molecular formula is C14H27NO2. The van der Waals surface area contributed by atoms with Gasteiger partial charge in [-0.1, -0.05) is 6.42 Å². The second-order valence-electron chi connectivity index (χ2n) is 5.86. The zero-order chi connectivity index (χ0) is 12.1. The van der Waals surface area contributed by atoms with Crippen molar-refractivity contribution in [2.24, 2.45) is 11.8 Å². The van der Waals surface area contributed by atoms with Gasteiger partial charge in [-0.3, -0.25) is 0 Å². The van der Waals surface area contributed by atoms with E-state index in [9.17, 15) is 5.11 Å². The molecule has 1 saturated heterocycles. The minimum absolute atomic E-state index is 0.0218. The third kappa shape index (κ3) is 4.23. The zero-order valence-electron chi connectivity index (χ0n) is 11.1. The molecular weight excluding hydrogens is 214 g/mol. The molecule has 0 amide bonds. The van der Waals surface area contributed by atoms with E-state index in [1.54, 1.807) is 0 Å². The molecule has 2 rings (SSSR count). The number of aliphatic hydroxyl groups is 1. The predicted molar refractivity (Wildman–Crippen MR) is 69.0 cm³/mol. The summed E-state index contributed by atoms with van der Waals surface area (Å²) in [5.41, 5.74) is 0. The maximum atomic E-state index is 9.79. The van der Waals surface area contributed by atoms with Crippen LogP contribution in [0.2, 0.25) is 0 Å². The summed E-state index contributed by atoms with van der Waals surface area (Å²) in [4.78, 5) is 2.45. The molecule has 0 aromatic rings. The highest BCUT2D eigenvalue weighted by Gasteiger charge is 2.25. The molecule has 0 spiro atoms. The molecule has 1 N–H and O–H groups in total. The van der Waals surface area contributed by atoms with Gasteiger partial charge in [0.15, 0.2) is 0 Å². The zero-order valence-corrected chi connectivity index (χ0v) is 11.1. The third-order valence-electron chi connectivity index (χ3n) is 4.41. The van der Waals surface area contributed by atoms with Crippen LogP contribution in [0.15, 0.2) is 0 Å². The molecule has 2 atom stereocenters. The van der Waals surface area contributed by atoms with Crippen molar-refractivity contribution in [1.29, 1.82) is 0 Å². The average Bonchev–Trinajstić information content (AvgIpc) is 2.74. The second kappa shape index (κ2) is 6.72. The molecule has 100 valence electrons. The van der Waals surface area contributed by atoms with Crippen molar-refractivity contribution in [2.45, 2.75) is 44.6 Å². The maximum Gasteiger partial charge on any atom is 0.0568 e. The number of aliphatic hydroxyl groups excluding tert-OH is 1. The smallest absolute Gasteiger partial charge is 0.0568 e. The van der Waals surface area contributed by atoms with Crippen molar-refractivity contribution in [3.05, 3.63) is 0 Å². The molecule has 0 bridgehead atoms. The Morgan fingerprint density at radius 3 is 2.59 bits per heavy atom. The fourth-order valence-electron chi connectivity index (χ4n) is 3.20. The molecule has 0 radical (unpaired) electrons. The summed E-state index contributed by atoms with van der Waals surface area (Å²) < 4.78 is 5.39. The molecule has 0 aromatic carbocycles. The number of hydrogen-bond acceptors (Lipinski definition) is 3. The molecule has 17 heavy (non-hydrogen) atoms. The Balaban J connectivity index is 1.61. The van der Waals surface area contributed by atoms with E-state index in [1.165, 1.54) is 38.6 Å². The highest BCUT2D eigenvalue weighted by Crippen LogP contribution is 2.28. The van der Waals surface area contributed by atoms with E-state index in [2.05, 4.69) is 11.9 Å². The lowest BCUT2D eigenvalue weighted by atomic mass is 9.98. The minimum Gasteiger partial charge on any atom is -0.393 e. The normalized spacial score (nSPS) is 31.2. The van der Waals surface area contributed by atoms with E-state index in [-0.39, 0.29) is 6.10 Å². The Labute approximate surface area is 105 Å². The van der Waals surface area contributed by atoms with Gasteiger partial charge in [-0.05, 0) is 57.5 Å². The van der Waals surface area contributed by atoms with E-state index in [1.807, 2.05) is 0 Å². The van der Waals surface area contributed by atoms with Gasteiger partial charge in [0.25, 0.3) is 0 Å². The largest absolute Gasteiger partial charge is 0.393 e. The Bertz CT molecular complexity index is 216. The Morgan fingerprint density at radius 1 is 1.18 bits per heavy atom. The monoisotopic (exact) mass is 241 g/mol. The van der Waals surface area contributed by atoms with E-state index < -0.39 is 0 Å². The SMILES string of the molecule is CN(CCC1CCCC1O)CC1CCOCC1. The van der Waals surface area contributed by atoms with Crippen molar-refractivity contribution in [3.8, 4) is 0 Å². The molecule has 2 fully saturated rings. The summed E-state index contributed by atoms with van der Waals surface area (Å²) in [6.45, 7) is 4.23. The van der Waals surface area contributed by atoms with E-state index in [4.69, 9.17) is 4.74 Å². The van der Waals surface area contributed by atoms with Crippen LogP contribution < -0.4 is 0 Å². The maximum absolute atomic E-state index is 9.79. The fraction of sp³-hybridized carbons (Fsp3) is 1.00. The molecule has 2 unspecified atom stereocenters. The number of rotatable bonds is 5. The van der Waals surface area contributed by atoms with Gasteiger partial charge in [-0.25, -0.2) is 0 Å². The van der Waals surface area contributed by atoms with Crippen molar-refractivity contribution in [3.63, 3.8) is 0 Å². The third-order valence-corrected chi connectivity index (χ3v) is 4.41.